The van der Waals surface area contributed by atoms with Crippen LogP contribution in [0.1, 0.15) is 28.8 Å². The summed E-state index contributed by atoms with van der Waals surface area (Å²) in [4.78, 5) is 12.4. The first-order chi connectivity index (χ1) is 12.1. The maximum Gasteiger partial charge on any atom is 0.251 e. The lowest BCUT2D eigenvalue weighted by atomic mass is 9.74. The van der Waals surface area contributed by atoms with Crippen LogP contribution in [0.2, 0.25) is 0 Å². The second-order valence-corrected chi connectivity index (χ2v) is 6.31. The van der Waals surface area contributed by atoms with Gasteiger partial charge in [0.05, 0.1) is 7.11 Å². The molecule has 0 spiro atoms. The molecule has 1 aliphatic rings. The van der Waals surface area contributed by atoms with Gasteiger partial charge in [-0.2, -0.15) is 0 Å². The van der Waals surface area contributed by atoms with E-state index in [-0.39, 0.29) is 11.3 Å². The number of methoxy groups -OCH3 is 1. The SMILES string of the molecule is COc1ccc(C2(CNC(=O)c3cccc(F)c3)CCOCC2)cc1. The van der Waals surface area contributed by atoms with Crippen LogP contribution in [0.4, 0.5) is 4.39 Å². The van der Waals surface area contributed by atoms with Gasteiger partial charge in [0.1, 0.15) is 11.6 Å². The number of carbonyl (C=O) groups is 1. The third-order valence-electron chi connectivity index (χ3n) is 4.83. The number of hydrogen-bond donors (Lipinski definition) is 1. The van der Waals surface area contributed by atoms with E-state index in [9.17, 15) is 9.18 Å². The summed E-state index contributed by atoms with van der Waals surface area (Å²) in [5.41, 5.74) is 1.29. The summed E-state index contributed by atoms with van der Waals surface area (Å²) in [6, 6.07) is 13.7. The highest BCUT2D eigenvalue weighted by molar-refractivity contribution is 5.94. The smallest absolute Gasteiger partial charge is 0.251 e. The zero-order valence-corrected chi connectivity index (χ0v) is 14.3. The van der Waals surface area contributed by atoms with Crippen molar-refractivity contribution >= 4 is 5.91 Å². The van der Waals surface area contributed by atoms with E-state index in [2.05, 4.69) is 5.32 Å². The standard InChI is InChI=1S/C20H22FNO3/c1-24-18-7-5-16(6-8-18)20(9-11-25-12-10-20)14-22-19(23)15-3-2-4-17(21)13-15/h2-8,13H,9-12,14H2,1H3,(H,22,23). The molecule has 1 N–H and O–H groups in total. The van der Waals surface area contributed by atoms with Gasteiger partial charge < -0.3 is 14.8 Å². The van der Waals surface area contributed by atoms with Gasteiger partial charge in [0.25, 0.3) is 5.91 Å². The Morgan fingerprint density at radius 2 is 1.92 bits per heavy atom. The molecule has 5 heteroatoms. The van der Waals surface area contributed by atoms with Crippen LogP contribution in [0.25, 0.3) is 0 Å². The molecule has 1 heterocycles. The number of ether oxygens (including phenoxy) is 2. The average molecular weight is 343 g/mol. The van der Waals surface area contributed by atoms with Gasteiger partial charge >= 0.3 is 0 Å². The Bertz CT molecular complexity index is 724. The molecule has 0 bridgehead atoms. The summed E-state index contributed by atoms with van der Waals surface area (Å²) in [5.74, 6) is 0.122. The molecule has 4 nitrogen and oxygen atoms in total. The van der Waals surface area contributed by atoms with Gasteiger partial charge in [0.15, 0.2) is 0 Å². The van der Waals surface area contributed by atoms with E-state index in [0.29, 0.717) is 25.3 Å². The van der Waals surface area contributed by atoms with E-state index < -0.39 is 5.82 Å². The van der Waals surface area contributed by atoms with E-state index in [0.717, 1.165) is 24.2 Å². The van der Waals surface area contributed by atoms with Crippen molar-refractivity contribution in [2.45, 2.75) is 18.3 Å². The number of benzene rings is 2. The zero-order valence-electron chi connectivity index (χ0n) is 14.3. The van der Waals surface area contributed by atoms with Crippen molar-refractivity contribution in [3.05, 3.63) is 65.5 Å². The van der Waals surface area contributed by atoms with Crippen LogP contribution in [0.3, 0.4) is 0 Å². The first-order valence-electron chi connectivity index (χ1n) is 8.39. The Hall–Kier alpha value is -2.40. The van der Waals surface area contributed by atoms with Crippen molar-refractivity contribution in [2.24, 2.45) is 0 Å². The average Bonchev–Trinajstić information content (AvgIpc) is 2.67. The topological polar surface area (TPSA) is 47.6 Å². The molecule has 0 radical (unpaired) electrons. The maximum absolute atomic E-state index is 13.3. The fraction of sp³-hybridized carbons (Fsp3) is 0.350. The second kappa shape index (κ2) is 7.66. The largest absolute Gasteiger partial charge is 0.497 e. The van der Waals surface area contributed by atoms with E-state index in [4.69, 9.17) is 9.47 Å². The van der Waals surface area contributed by atoms with Crippen molar-refractivity contribution in [1.82, 2.24) is 5.32 Å². The first-order valence-corrected chi connectivity index (χ1v) is 8.39. The molecule has 1 amide bonds. The molecule has 2 aromatic rings. The van der Waals surface area contributed by atoms with Gasteiger partial charge in [0.2, 0.25) is 0 Å². The molecule has 1 fully saturated rings. The quantitative estimate of drug-likeness (QED) is 0.906. The summed E-state index contributed by atoms with van der Waals surface area (Å²) < 4.78 is 24.1. The van der Waals surface area contributed by atoms with Crippen molar-refractivity contribution in [3.63, 3.8) is 0 Å². The van der Waals surface area contributed by atoms with Gasteiger partial charge in [0, 0.05) is 30.7 Å². The van der Waals surface area contributed by atoms with E-state index in [1.165, 1.54) is 18.2 Å². The summed E-state index contributed by atoms with van der Waals surface area (Å²) in [7, 11) is 1.64. The fourth-order valence-electron chi connectivity index (χ4n) is 3.26. The molecule has 1 aliphatic heterocycles. The van der Waals surface area contributed by atoms with Gasteiger partial charge in [-0.3, -0.25) is 4.79 Å². The van der Waals surface area contributed by atoms with Crippen molar-refractivity contribution in [1.29, 1.82) is 0 Å². The highest BCUT2D eigenvalue weighted by Gasteiger charge is 2.35. The predicted molar refractivity (Wildman–Crippen MR) is 93.5 cm³/mol. The molecule has 2 aromatic carbocycles. The Labute approximate surface area is 147 Å². The van der Waals surface area contributed by atoms with Crippen molar-refractivity contribution in [3.8, 4) is 5.75 Å². The van der Waals surface area contributed by atoms with Crippen LogP contribution < -0.4 is 10.1 Å². The molecule has 0 aliphatic carbocycles. The molecule has 0 atom stereocenters. The van der Waals surface area contributed by atoms with E-state index in [1.807, 2.05) is 24.3 Å². The number of halogens is 1. The second-order valence-electron chi connectivity index (χ2n) is 6.31. The number of hydrogen-bond acceptors (Lipinski definition) is 3. The van der Waals surface area contributed by atoms with Gasteiger partial charge in [-0.1, -0.05) is 18.2 Å². The summed E-state index contributed by atoms with van der Waals surface area (Å²) in [6.45, 7) is 1.79. The lowest BCUT2D eigenvalue weighted by Crippen LogP contribution is -2.44. The lowest BCUT2D eigenvalue weighted by Gasteiger charge is -2.38. The number of amides is 1. The zero-order chi connectivity index (χ0) is 17.7. The lowest BCUT2D eigenvalue weighted by molar-refractivity contribution is 0.0487. The highest BCUT2D eigenvalue weighted by Crippen LogP contribution is 2.35. The summed E-state index contributed by atoms with van der Waals surface area (Å²) in [6.07, 6.45) is 1.64. The van der Waals surface area contributed by atoms with Gasteiger partial charge in [-0.05, 0) is 48.7 Å². The number of nitrogens with one attached hydrogen (secondary N) is 1. The third-order valence-corrected chi connectivity index (χ3v) is 4.83. The van der Waals surface area contributed by atoms with Crippen molar-refractivity contribution < 1.29 is 18.7 Å². The molecule has 25 heavy (non-hydrogen) atoms. The number of carbonyl (C=O) groups excluding carboxylic acids is 1. The molecule has 1 saturated heterocycles. The molecule has 0 aromatic heterocycles. The molecular weight excluding hydrogens is 321 g/mol. The first kappa shape index (κ1) is 17.4. The fourth-order valence-corrected chi connectivity index (χ4v) is 3.26. The Morgan fingerprint density at radius 3 is 2.56 bits per heavy atom. The predicted octanol–water partition coefficient (Wildman–Crippen LogP) is 3.31. The molecule has 0 unspecified atom stereocenters. The minimum atomic E-state index is -0.413. The van der Waals surface area contributed by atoms with Crippen LogP contribution >= 0.6 is 0 Å². The summed E-state index contributed by atoms with van der Waals surface area (Å²) >= 11 is 0. The minimum absolute atomic E-state index is 0.187. The Morgan fingerprint density at radius 1 is 1.20 bits per heavy atom. The normalized spacial score (nSPS) is 16.2. The van der Waals surface area contributed by atoms with Crippen LogP contribution in [0, 0.1) is 5.82 Å². The molecule has 0 saturated carbocycles. The van der Waals surface area contributed by atoms with Crippen LogP contribution in [-0.2, 0) is 10.2 Å². The van der Waals surface area contributed by atoms with E-state index in [1.54, 1.807) is 13.2 Å². The molecule has 132 valence electrons. The molecular formula is C20H22FNO3. The minimum Gasteiger partial charge on any atom is -0.497 e. The van der Waals surface area contributed by atoms with Crippen molar-refractivity contribution in [2.75, 3.05) is 26.9 Å². The van der Waals surface area contributed by atoms with Crippen LogP contribution in [0.5, 0.6) is 5.75 Å². The third kappa shape index (κ3) is 3.99. The van der Waals surface area contributed by atoms with Gasteiger partial charge in [-0.25, -0.2) is 4.39 Å². The Balaban J connectivity index is 1.77. The molecule has 3 rings (SSSR count). The van der Waals surface area contributed by atoms with Crippen LogP contribution in [0.15, 0.2) is 48.5 Å². The highest BCUT2D eigenvalue weighted by atomic mass is 19.1. The number of rotatable bonds is 5. The summed E-state index contributed by atoms with van der Waals surface area (Å²) in [5, 5.41) is 2.97. The van der Waals surface area contributed by atoms with E-state index >= 15 is 0 Å². The monoisotopic (exact) mass is 343 g/mol. The van der Waals surface area contributed by atoms with Crippen LogP contribution in [-0.4, -0.2) is 32.8 Å². The van der Waals surface area contributed by atoms with Gasteiger partial charge in [-0.15, -0.1) is 0 Å². The Kier molecular flexibility index (Phi) is 5.34. The maximum atomic E-state index is 13.3.